The van der Waals surface area contributed by atoms with E-state index >= 15 is 0 Å². The number of nitrogens with one attached hydrogen (secondary N) is 1. The van der Waals surface area contributed by atoms with Crippen molar-refractivity contribution in [3.63, 3.8) is 0 Å². The largest absolute Gasteiger partial charge is 0.317 e. The van der Waals surface area contributed by atoms with Gasteiger partial charge in [-0.3, -0.25) is 9.58 Å². The van der Waals surface area contributed by atoms with E-state index in [9.17, 15) is 0 Å². The third-order valence-electron chi connectivity index (χ3n) is 4.22. The zero-order valence-electron chi connectivity index (χ0n) is 13.0. The molecule has 0 atom stereocenters. The van der Waals surface area contributed by atoms with Crippen LogP contribution in [0.4, 0.5) is 0 Å². The molecule has 1 N–H and O–H groups in total. The summed E-state index contributed by atoms with van der Waals surface area (Å²) < 4.78 is 3.32. The van der Waals surface area contributed by atoms with Crippen molar-refractivity contribution in [1.82, 2.24) is 20.0 Å². The summed E-state index contributed by atoms with van der Waals surface area (Å²) in [7, 11) is 0. The third-order valence-corrected chi connectivity index (χ3v) is 5.25. The zero-order chi connectivity index (χ0) is 14.5. The molecule has 1 saturated heterocycles. The van der Waals surface area contributed by atoms with Crippen molar-refractivity contribution in [3.8, 4) is 0 Å². The van der Waals surface area contributed by atoms with E-state index in [0.29, 0.717) is 0 Å². The Morgan fingerprint density at radius 2 is 2.00 bits per heavy atom. The minimum absolute atomic E-state index is 0.854. The average molecular weight is 343 g/mol. The SMILES string of the molecule is CCNCC1CCN(Cc2c(Br)c(C)nn2CC)CC1. The van der Waals surface area contributed by atoms with Gasteiger partial charge in [0.05, 0.1) is 15.9 Å². The maximum Gasteiger partial charge on any atom is 0.0739 e. The molecule has 1 aliphatic heterocycles. The fourth-order valence-electron chi connectivity index (χ4n) is 2.93. The topological polar surface area (TPSA) is 33.1 Å². The van der Waals surface area contributed by atoms with E-state index in [0.717, 1.165) is 31.2 Å². The Balaban J connectivity index is 1.89. The summed E-state index contributed by atoms with van der Waals surface area (Å²) in [6.07, 6.45) is 2.62. The summed E-state index contributed by atoms with van der Waals surface area (Å²) in [5.41, 5.74) is 2.43. The zero-order valence-corrected chi connectivity index (χ0v) is 14.5. The number of piperidine rings is 1. The number of aromatic nitrogens is 2. The van der Waals surface area contributed by atoms with Crippen LogP contribution in [0.2, 0.25) is 0 Å². The van der Waals surface area contributed by atoms with Crippen molar-refractivity contribution in [2.75, 3.05) is 26.2 Å². The number of likely N-dealkylation sites (tertiary alicyclic amines) is 1. The maximum absolute atomic E-state index is 4.58. The second-order valence-corrected chi connectivity index (χ2v) is 6.48. The molecule has 1 fully saturated rings. The average Bonchev–Trinajstić information content (AvgIpc) is 2.74. The van der Waals surface area contributed by atoms with Crippen LogP contribution >= 0.6 is 15.9 Å². The predicted molar refractivity (Wildman–Crippen MR) is 86.9 cm³/mol. The van der Waals surface area contributed by atoms with Gasteiger partial charge >= 0.3 is 0 Å². The van der Waals surface area contributed by atoms with Crippen LogP contribution in [-0.4, -0.2) is 40.9 Å². The van der Waals surface area contributed by atoms with Gasteiger partial charge in [-0.15, -0.1) is 0 Å². The van der Waals surface area contributed by atoms with E-state index in [1.54, 1.807) is 0 Å². The molecule has 5 heteroatoms. The van der Waals surface area contributed by atoms with E-state index in [-0.39, 0.29) is 0 Å². The van der Waals surface area contributed by atoms with Gasteiger partial charge in [0.2, 0.25) is 0 Å². The van der Waals surface area contributed by atoms with Crippen LogP contribution in [0.1, 0.15) is 38.1 Å². The molecule has 114 valence electrons. The van der Waals surface area contributed by atoms with Gasteiger partial charge in [-0.2, -0.15) is 5.10 Å². The lowest BCUT2D eigenvalue weighted by atomic mass is 9.96. The summed E-state index contributed by atoms with van der Waals surface area (Å²) in [5.74, 6) is 0.854. The highest BCUT2D eigenvalue weighted by atomic mass is 79.9. The van der Waals surface area contributed by atoms with Crippen molar-refractivity contribution in [2.24, 2.45) is 5.92 Å². The molecule has 1 aromatic rings. The number of hydrogen-bond donors (Lipinski definition) is 1. The molecule has 0 unspecified atom stereocenters. The Kier molecular flexibility index (Phi) is 6.05. The van der Waals surface area contributed by atoms with Gasteiger partial charge in [0.1, 0.15) is 0 Å². The van der Waals surface area contributed by atoms with Crippen LogP contribution in [0.15, 0.2) is 4.47 Å². The normalized spacial score (nSPS) is 17.8. The molecule has 0 bridgehead atoms. The van der Waals surface area contributed by atoms with E-state index in [4.69, 9.17) is 0 Å². The maximum atomic E-state index is 4.58. The molecular formula is C15H27BrN4. The number of rotatable bonds is 6. The highest BCUT2D eigenvalue weighted by Gasteiger charge is 2.21. The molecular weight excluding hydrogens is 316 g/mol. The lowest BCUT2D eigenvalue weighted by Crippen LogP contribution is -2.37. The molecule has 0 radical (unpaired) electrons. The molecule has 0 spiro atoms. The number of aryl methyl sites for hydroxylation is 2. The van der Waals surface area contributed by atoms with Crippen molar-refractivity contribution >= 4 is 15.9 Å². The Morgan fingerprint density at radius 3 is 2.60 bits per heavy atom. The number of nitrogens with zero attached hydrogens (tertiary/aromatic N) is 3. The summed E-state index contributed by atoms with van der Waals surface area (Å²) in [6, 6.07) is 0. The molecule has 2 heterocycles. The van der Waals surface area contributed by atoms with Gasteiger partial charge in [0.15, 0.2) is 0 Å². The molecule has 0 saturated carbocycles. The Morgan fingerprint density at radius 1 is 1.30 bits per heavy atom. The number of hydrogen-bond acceptors (Lipinski definition) is 3. The highest BCUT2D eigenvalue weighted by Crippen LogP contribution is 2.25. The van der Waals surface area contributed by atoms with Crippen LogP contribution < -0.4 is 5.32 Å². The van der Waals surface area contributed by atoms with Crippen molar-refractivity contribution in [3.05, 3.63) is 15.9 Å². The predicted octanol–water partition coefficient (Wildman–Crippen LogP) is 2.80. The Labute approximate surface area is 131 Å². The smallest absolute Gasteiger partial charge is 0.0739 e. The first-order chi connectivity index (χ1) is 9.65. The molecule has 0 aliphatic carbocycles. The first-order valence-corrected chi connectivity index (χ1v) is 8.59. The van der Waals surface area contributed by atoms with Gasteiger partial charge in [-0.05, 0) is 74.7 Å². The minimum atomic E-state index is 0.854. The minimum Gasteiger partial charge on any atom is -0.317 e. The lowest BCUT2D eigenvalue weighted by Gasteiger charge is -2.32. The second kappa shape index (κ2) is 7.57. The van der Waals surface area contributed by atoms with Crippen LogP contribution in [-0.2, 0) is 13.1 Å². The molecule has 1 aromatic heterocycles. The van der Waals surface area contributed by atoms with E-state index < -0.39 is 0 Å². The van der Waals surface area contributed by atoms with E-state index in [2.05, 4.69) is 56.7 Å². The van der Waals surface area contributed by atoms with Gasteiger partial charge in [0.25, 0.3) is 0 Å². The first kappa shape index (κ1) is 16.0. The molecule has 0 amide bonds. The van der Waals surface area contributed by atoms with Crippen molar-refractivity contribution in [2.45, 2.75) is 46.7 Å². The van der Waals surface area contributed by atoms with Crippen LogP contribution in [0, 0.1) is 12.8 Å². The second-order valence-electron chi connectivity index (χ2n) is 5.69. The van der Waals surface area contributed by atoms with Crippen LogP contribution in [0.3, 0.4) is 0 Å². The Hall–Kier alpha value is -0.390. The number of halogens is 1. The quantitative estimate of drug-likeness (QED) is 0.862. The van der Waals surface area contributed by atoms with Gasteiger partial charge in [-0.25, -0.2) is 0 Å². The van der Waals surface area contributed by atoms with Gasteiger partial charge in [0, 0.05) is 13.1 Å². The third kappa shape index (κ3) is 3.83. The monoisotopic (exact) mass is 342 g/mol. The van der Waals surface area contributed by atoms with Crippen molar-refractivity contribution in [1.29, 1.82) is 0 Å². The standard InChI is InChI=1S/C15H27BrN4/c1-4-17-10-13-6-8-19(9-7-13)11-14-15(16)12(3)18-20(14)5-2/h13,17H,4-11H2,1-3H3. The summed E-state index contributed by atoms with van der Waals surface area (Å²) in [4.78, 5) is 2.57. The van der Waals surface area contributed by atoms with Crippen molar-refractivity contribution < 1.29 is 0 Å². The molecule has 4 nitrogen and oxygen atoms in total. The van der Waals surface area contributed by atoms with Gasteiger partial charge < -0.3 is 5.32 Å². The summed E-state index contributed by atoms with van der Waals surface area (Å²) >= 11 is 3.69. The van der Waals surface area contributed by atoms with Crippen LogP contribution in [0.25, 0.3) is 0 Å². The molecule has 1 aliphatic rings. The fraction of sp³-hybridized carbons (Fsp3) is 0.800. The summed E-state index contributed by atoms with van der Waals surface area (Å²) in [5, 5.41) is 8.06. The molecule has 2 rings (SSSR count). The molecule has 0 aromatic carbocycles. The van der Waals surface area contributed by atoms with Crippen LogP contribution in [0.5, 0.6) is 0 Å². The van der Waals surface area contributed by atoms with E-state index in [1.807, 2.05) is 0 Å². The summed E-state index contributed by atoms with van der Waals surface area (Å²) in [6.45, 7) is 13.0. The van der Waals surface area contributed by atoms with Gasteiger partial charge in [-0.1, -0.05) is 6.92 Å². The first-order valence-electron chi connectivity index (χ1n) is 7.80. The molecule has 20 heavy (non-hydrogen) atoms. The Bertz CT molecular complexity index is 422. The lowest BCUT2D eigenvalue weighted by molar-refractivity contribution is 0.171. The van der Waals surface area contributed by atoms with E-state index in [1.165, 1.54) is 42.6 Å². The fourth-order valence-corrected chi connectivity index (χ4v) is 3.34. The highest BCUT2D eigenvalue weighted by molar-refractivity contribution is 9.10.